The number of ketones is 2. The van der Waals surface area contributed by atoms with Gasteiger partial charge < -0.3 is 9.97 Å². The minimum Gasteiger partial charge on any atom is -0.536 e. The molecule has 8 nitrogen and oxygen atoms in total. The number of fused-ring (bicyclic) bond motifs is 1. The topological polar surface area (TPSA) is 115 Å². The third kappa shape index (κ3) is 4.29. The number of nitrogens with zero attached hydrogens (tertiary/aromatic N) is 2. The van der Waals surface area contributed by atoms with Crippen molar-refractivity contribution in [2.24, 2.45) is 11.0 Å². The van der Waals surface area contributed by atoms with Crippen LogP contribution in [0.15, 0.2) is 47.8 Å². The Bertz CT molecular complexity index is 993. The zero-order valence-corrected chi connectivity index (χ0v) is 16.2. The summed E-state index contributed by atoms with van der Waals surface area (Å²) in [6.07, 6.45) is 5.09. The average molecular weight is 405 g/mol. The quantitative estimate of drug-likeness (QED) is 0.410. The largest absolute Gasteiger partial charge is 0.570 e. The first-order valence-corrected chi connectivity index (χ1v) is 9.94. The van der Waals surface area contributed by atoms with Gasteiger partial charge in [-0.05, 0) is 43.0 Å². The molecule has 0 radical (unpaired) electrons. The number of aromatic nitrogens is 1. The number of para-hydroxylation sites is 1. The number of nitrogens with one attached hydrogen (secondary N) is 1. The molecular formula is C21H20BN3O5. The van der Waals surface area contributed by atoms with E-state index in [2.05, 4.69) is 15.4 Å². The Morgan fingerprint density at radius 3 is 2.70 bits per heavy atom. The van der Waals surface area contributed by atoms with Gasteiger partial charge in [-0.3, -0.25) is 19.4 Å². The highest BCUT2D eigenvalue weighted by Crippen LogP contribution is 2.38. The smallest absolute Gasteiger partial charge is 0.536 e. The number of carbonyl (C=O) groups is 3. The van der Waals surface area contributed by atoms with Crippen molar-refractivity contribution in [3.63, 3.8) is 0 Å². The van der Waals surface area contributed by atoms with Gasteiger partial charge in [0.25, 0.3) is 0 Å². The van der Waals surface area contributed by atoms with Gasteiger partial charge in [0.1, 0.15) is 5.75 Å². The lowest BCUT2D eigenvalue weighted by Crippen LogP contribution is -2.52. The van der Waals surface area contributed by atoms with Crippen LogP contribution in [0, 0.1) is 10.8 Å². The van der Waals surface area contributed by atoms with Crippen molar-refractivity contribution < 1.29 is 19.0 Å². The number of benzene rings is 1. The second-order valence-electron chi connectivity index (χ2n) is 7.59. The summed E-state index contributed by atoms with van der Waals surface area (Å²) < 4.78 is 5.73. The van der Waals surface area contributed by atoms with Gasteiger partial charge in [-0.25, -0.2) is 0 Å². The van der Waals surface area contributed by atoms with Crippen LogP contribution in [-0.4, -0.2) is 35.4 Å². The fourth-order valence-electron chi connectivity index (χ4n) is 3.58. The van der Waals surface area contributed by atoms with Crippen molar-refractivity contribution >= 4 is 24.5 Å². The summed E-state index contributed by atoms with van der Waals surface area (Å²) >= 11 is 0. The number of hydrogen-bond acceptors (Lipinski definition) is 7. The summed E-state index contributed by atoms with van der Waals surface area (Å²) in [5, 5.41) is 5.75. The molecule has 0 spiro atoms. The van der Waals surface area contributed by atoms with Gasteiger partial charge in [0.05, 0.1) is 11.5 Å². The molecule has 0 saturated heterocycles. The molecule has 4 rings (SSSR count). The number of nitroso groups, excluding NO2 is 1. The van der Waals surface area contributed by atoms with Crippen LogP contribution in [0.4, 0.5) is 0 Å². The molecule has 1 aromatic heterocycles. The molecule has 2 aromatic rings. The van der Waals surface area contributed by atoms with E-state index >= 15 is 0 Å². The number of amides is 1. The molecule has 1 aromatic carbocycles. The van der Waals surface area contributed by atoms with E-state index in [1.165, 1.54) is 6.20 Å². The molecule has 1 aliphatic carbocycles. The molecule has 0 bridgehead atoms. The predicted molar refractivity (Wildman–Crippen MR) is 109 cm³/mol. The Hall–Kier alpha value is -3.36. The van der Waals surface area contributed by atoms with E-state index in [1.807, 2.05) is 6.07 Å². The molecule has 1 saturated carbocycles. The highest BCUT2D eigenvalue weighted by atomic mass is 16.5. The van der Waals surface area contributed by atoms with Crippen molar-refractivity contribution in [3.05, 3.63) is 64.3 Å². The van der Waals surface area contributed by atoms with Gasteiger partial charge in [0, 0.05) is 36.7 Å². The Kier molecular flexibility index (Phi) is 5.69. The van der Waals surface area contributed by atoms with E-state index < -0.39 is 13.0 Å². The molecule has 2 aliphatic rings. The van der Waals surface area contributed by atoms with Gasteiger partial charge in [0.15, 0.2) is 11.6 Å². The maximum atomic E-state index is 12.5. The minimum absolute atomic E-state index is 0.0212. The van der Waals surface area contributed by atoms with Crippen molar-refractivity contribution in [1.29, 1.82) is 0 Å². The van der Waals surface area contributed by atoms with Crippen molar-refractivity contribution in [3.8, 4) is 5.75 Å². The summed E-state index contributed by atoms with van der Waals surface area (Å²) in [7, 11) is -1.14. The molecular weight excluding hydrogens is 385 g/mol. The highest BCUT2D eigenvalue weighted by molar-refractivity contribution is 6.53. The maximum Gasteiger partial charge on any atom is 0.570 e. The number of pyridine rings is 1. The molecule has 1 fully saturated rings. The molecule has 9 heteroatoms. The van der Waals surface area contributed by atoms with E-state index in [1.54, 1.807) is 30.5 Å². The normalized spacial score (nSPS) is 17.5. The Labute approximate surface area is 173 Å². The van der Waals surface area contributed by atoms with Crippen LogP contribution < -0.4 is 9.97 Å². The third-order valence-electron chi connectivity index (χ3n) is 5.35. The van der Waals surface area contributed by atoms with E-state index in [9.17, 15) is 19.3 Å². The molecule has 1 amide bonds. The molecule has 152 valence electrons. The van der Waals surface area contributed by atoms with Gasteiger partial charge >= 0.3 is 7.05 Å². The van der Waals surface area contributed by atoms with E-state index in [0.717, 1.165) is 18.4 Å². The van der Waals surface area contributed by atoms with Crippen LogP contribution >= 0.6 is 0 Å². The van der Waals surface area contributed by atoms with Gasteiger partial charge in [-0.1, -0.05) is 17.2 Å². The van der Waals surface area contributed by atoms with Crippen LogP contribution in [0.3, 0.4) is 0 Å². The van der Waals surface area contributed by atoms with Crippen molar-refractivity contribution in [2.75, 3.05) is 0 Å². The highest BCUT2D eigenvalue weighted by Gasteiger charge is 2.41. The molecule has 1 aliphatic heterocycles. The number of carbonyl (C=O) groups excluding carboxylic acids is 3. The molecule has 1 N–H and O–H groups in total. The Morgan fingerprint density at radius 2 is 2.00 bits per heavy atom. The Morgan fingerprint density at radius 1 is 1.17 bits per heavy atom. The number of hydrogen-bond donors (Lipinski definition) is 1. The first-order chi connectivity index (χ1) is 14.6. The maximum absolute atomic E-state index is 12.5. The second-order valence-corrected chi connectivity index (χ2v) is 7.59. The van der Waals surface area contributed by atoms with Crippen LogP contribution in [0.5, 0.6) is 5.75 Å². The zero-order valence-electron chi connectivity index (χ0n) is 16.2. The summed E-state index contributed by atoms with van der Waals surface area (Å²) in [6.45, 7) is 0. The minimum atomic E-state index is -1.14. The fourth-order valence-corrected chi connectivity index (χ4v) is 3.58. The van der Waals surface area contributed by atoms with E-state index in [-0.39, 0.29) is 36.2 Å². The standard InChI is InChI=1S/C21H20BN3O5/c26-17(15-4-2-10-23-12-15)8-9-19(27)24-18-11-14-3-1-5-16(20(28)13-6-7-13)21(14)30-22(18)25-29/h1-5,10,12-13,18H,6-9,11H2,(H,24,27)/t18-/m0/s1. The first-order valence-electron chi connectivity index (χ1n) is 9.94. The van der Waals surface area contributed by atoms with Crippen molar-refractivity contribution in [2.45, 2.75) is 38.0 Å². The van der Waals surface area contributed by atoms with Crippen molar-refractivity contribution in [1.82, 2.24) is 10.3 Å². The Balaban J connectivity index is 1.41. The fraction of sp³-hybridized carbons (Fsp3) is 0.333. The lowest BCUT2D eigenvalue weighted by atomic mass is 9.68. The average Bonchev–Trinajstić information content (AvgIpc) is 3.62. The molecule has 1 atom stereocenters. The molecule has 0 unspecified atom stereocenters. The summed E-state index contributed by atoms with van der Waals surface area (Å²) in [6, 6.07) is 8.59. The van der Waals surface area contributed by atoms with Crippen LogP contribution in [0.1, 0.15) is 52.0 Å². The number of Topliss-reactive ketones (excluding diaryl/α,β-unsaturated/α-hetero) is 2. The number of rotatable bonds is 8. The second kappa shape index (κ2) is 8.56. The SMILES string of the molecule is O=NB1Oc2c(cccc2C(=O)C2CC2)C[C@@H]1NC(=O)CCC(=O)c1cccnc1. The summed E-state index contributed by atoms with van der Waals surface area (Å²) in [5.74, 6) is -0.788. The van der Waals surface area contributed by atoms with Gasteiger partial charge in [-0.15, -0.1) is 0 Å². The van der Waals surface area contributed by atoms with Gasteiger partial charge in [-0.2, -0.15) is 4.91 Å². The zero-order chi connectivity index (χ0) is 21.1. The summed E-state index contributed by atoms with van der Waals surface area (Å²) in [4.78, 5) is 52.3. The first kappa shape index (κ1) is 19.9. The van der Waals surface area contributed by atoms with Crippen LogP contribution in [-0.2, 0) is 11.2 Å². The van der Waals surface area contributed by atoms with Gasteiger partial charge in [0.2, 0.25) is 5.91 Å². The van der Waals surface area contributed by atoms with E-state index in [0.29, 0.717) is 23.3 Å². The molecule has 30 heavy (non-hydrogen) atoms. The monoisotopic (exact) mass is 405 g/mol. The molecule has 2 heterocycles. The van der Waals surface area contributed by atoms with E-state index in [4.69, 9.17) is 4.65 Å². The summed E-state index contributed by atoms with van der Waals surface area (Å²) in [5.41, 5.74) is 1.66. The lowest BCUT2D eigenvalue weighted by molar-refractivity contribution is -0.121. The predicted octanol–water partition coefficient (Wildman–Crippen LogP) is 2.55. The van der Waals surface area contributed by atoms with Crippen LogP contribution in [0.25, 0.3) is 0 Å². The van der Waals surface area contributed by atoms with Crippen LogP contribution in [0.2, 0.25) is 0 Å². The lowest BCUT2D eigenvalue weighted by Gasteiger charge is -2.28. The third-order valence-corrected chi connectivity index (χ3v) is 5.35.